The van der Waals surface area contributed by atoms with Gasteiger partial charge in [-0.3, -0.25) is 4.79 Å². The minimum atomic E-state index is -0.936. The van der Waals surface area contributed by atoms with E-state index in [0.717, 1.165) is 12.8 Å². The predicted molar refractivity (Wildman–Crippen MR) is 61.7 cm³/mol. The van der Waals surface area contributed by atoms with Crippen molar-refractivity contribution in [3.63, 3.8) is 0 Å². The van der Waals surface area contributed by atoms with Crippen LogP contribution in [-0.4, -0.2) is 49.2 Å². The number of carbonyl (C=O) groups excluding carboxylic acids is 1. The fourth-order valence-corrected chi connectivity index (χ4v) is 2.22. The number of aromatic nitrogens is 3. The van der Waals surface area contributed by atoms with E-state index in [4.69, 9.17) is 5.11 Å². The maximum atomic E-state index is 12.3. The third-order valence-electron chi connectivity index (χ3n) is 3.26. The van der Waals surface area contributed by atoms with Crippen LogP contribution in [-0.2, 0) is 9.59 Å². The van der Waals surface area contributed by atoms with Crippen LogP contribution < -0.4 is 0 Å². The van der Waals surface area contributed by atoms with Crippen LogP contribution >= 0.6 is 0 Å². The summed E-state index contributed by atoms with van der Waals surface area (Å²) in [5.41, 5.74) is 0. The second-order valence-electron chi connectivity index (χ2n) is 4.43. The number of carboxylic acids is 1. The van der Waals surface area contributed by atoms with E-state index in [2.05, 4.69) is 10.1 Å². The Bertz CT molecular complexity index is 432. The fraction of sp³-hybridized carbons (Fsp3) is 0.636. The molecule has 1 aliphatic heterocycles. The normalized spacial score (nSPS) is 21.6. The second kappa shape index (κ2) is 5.16. The van der Waals surface area contributed by atoms with Crippen molar-refractivity contribution >= 4 is 11.9 Å². The van der Waals surface area contributed by atoms with Gasteiger partial charge in [-0.25, -0.2) is 14.5 Å². The van der Waals surface area contributed by atoms with E-state index in [1.54, 1.807) is 6.92 Å². The molecule has 1 aliphatic rings. The van der Waals surface area contributed by atoms with Gasteiger partial charge in [-0.15, -0.1) is 0 Å². The summed E-state index contributed by atoms with van der Waals surface area (Å²) in [6, 6.07) is -1.23. The number of likely N-dealkylation sites (tertiary alicyclic amines) is 1. The van der Waals surface area contributed by atoms with Crippen molar-refractivity contribution in [2.45, 2.75) is 38.3 Å². The lowest BCUT2D eigenvalue weighted by molar-refractivity contribution is -0.153. The summed E-state index contributed by atoms with van der Waals surface area (Å²) < 4.78 is 1.44. The highest BCUT2D eigenvalue weighted by molar-refractivity contribution is 5.86. The molecule has 7 nitrogen and oxygen atoms in total. The van der Waals surface area contributed by atoms with Gasteiger partial charge in [-0.05, 0) is 26.2 Å². The standard InChI is InChI=1S/C11H16N4O3/c1-8(15-7-12-6-13-15)10(16)14-5-3-2-4-9(14)11(17)18/h6-9H,2-5H2,1H3,(H,17,18)/t8-,9+/m1/s1. The van der Waals surface area contributed by atoms with Crippen molar-refractivity contribution < 1.29 is 14.7 Å². The van der Waals surface area contributed by atoms with Gasteiger partial charge in [-0.1, -0.05) is 0 Å². The maximum absolute atomic E-state index is 12.3. The average Bonchev–Trinajstić information content (AvgIpc) is 2.90. The Balaban J connectivity index is 2.13. The van der Waals surface area contributed by atoms with Gasteiger partial charge in [0.1, 0.15) is 24.7 Å². The molecule has 18 heavy (non-hydrogen) atoms. The van der Waals surface area contributed by atoms with E-state index in [0.29, 0.717) is 13.0 Å². The van der Waals surface area contributed by atoms with Crippen molar-refractivity contribution in [1.29, 1.82) is 0 Å². The summed E-state index contributed by atoms with van der Waals surface area (Å²) >= 11 is 0. The van der Waals surface area contributed by atoms with Gasteiger partial charge < -0.3 is 10.0 Å². The molecule has 7 heteroatoms. The minimum Gasteiger partial charge on any atom is -0.480 e. The molecule has 1 aromatic heterocycles. The van der Waals surface area contributed by atoms with E-state index in [9.17, 15) is 9.59 Å². The summed E-state index contributed by atoms with van der Waals surface area (Å²) in [4.78, 5) is 28.7. The minimum absolute atomic E-state index is 0.215. The Morgan fingerprint density at radius 1 is 1.44 bits per heavy atom. The Labute approximate surface area is 104 Å². The summed E-state index contributed by atoms with van der Waals surface area (Å²) in [7, 11) is 0. The fourth-order valence-electron chi connectivity index (χ4n) is 2.22. The largest absolute Gasteiger partial charge is 0.480 e. The molecule has 0 bridgehead atoms. The lowest BCUT2D eigenvalue weighted by Crippen LogP contribution is -2.50. The van der Waals surface area contributed by atoms with Crippen molar-refractivity contribution in [1.82, 2.24) is 19.7 Å². The van der Waals surface area contributed by atoms with E-state index in [1.807, 2.05) is 0 Å². The number of carboxylic acid groups (broad SMARTS) is 1. The molecule has 1 amide bonds. The Morgan fingerprint density at radius 2 is 2.22 bits per heavy atom. The van der Waals surface area contributed by atoms with Crippen LogP contribution in [0.1, 0.15) is 32.2 Å². The number of hydrogen-bond donors (Lipinski definition) is 1. The Hall–Kier alpha value is -1.92. The van der Waals surface area contributed by atoms with E-state index >= 15 is 0 Å². The Kier molecular flexibility index (Phi) is 3.59. The molecule has 0 saturated carbocycles. The molecule has 0 aromatic carbocycles. The van der Waals surface area contributed by atoms with E-state index in [-0.39, 0.29) is 5.91 Å². The molecule has 98 valence electrons. The predicted octanol–water partition coefficient (Wildman–Crippen LogP) is 0.305. The van der Waals surface area contributed by atoms with Crippen molar-refractivity contribution in [2.24, 2.45) is 0 Å². The molecule has 1 saturated heterocycles. The number of carbonyl (C=O) groups is 2. The topological polar surface area (TPSA) is 88.3 Å². The van der Waals surface area contributed by atoms with Crippen molar-refractivity contribution in [2.75, 3.05) is 6.54 Å². The van der Waals surface area contributed by atoms with Crippen molar-refractivity contribution in [3.8, 4) is 0 Å². The summed E-state index contributed by atoms with van der Waals surface area (Å²) in [6.45, 7) is 2.19. The third kappa shape index (κ3) is 2.34. The van der Waals surface area contributed by atoms with Crippen LogP contribution in [0.15, 0.2) is 12.7 Å². The highest BCUT2D eigenvalue weighted by atomic mass is 16.4. The monoisotopic (exact) mass is 252 g/mol. The molecular formula is C11H16N4O3. The zero-order valence-electron chi connectivity index (χ0n) is 10.2. The van der Waals surface area contributed by atoms with E-state index in [1.165, 1.54) is 22.2 Å². The molecule has 0 radical (unpaired) electrons. The molecule has 2 rings (SSSR count). The first-order valence-corrected chi connectivity index (χ1v) is 5.98. The van der Waals surface area contributed by atoms with Crippen molar-refractivity contribution in [3.05, 3.63) is 12.7 Å². The number of amides is 1. The van der Waals surface area contributed by atoms with Crippen LogP contribution in [0.5, 0.6) is 0 Å². The molecular weight excluding hydrogens is 236 g/mol. The van der Waals surface area contributed by atoms with Crippen LogP contribution in [0.25, 0.3) is 0 Å². The third-order valence-corrected chi connectivity index (χ3v) is 3.26. The molecule has 2 atom stereocenters. The van der Waals surface area contributed by atoms with Crippen LogP contribution in [0.4, 0.5) is 0 Å². The molecule has 0 unspecified atom stereocenters. The SMILES string of the molecule is C[C@H](C(=O)N1CCCC[C@H]1C(=O)O)n1cncn1. The number of piperidine rings is 1. The Morgan fingerprint density at radius 3 is 2.83 bits per heavy atom. The van der Waals surface area contributed by atoms with Gasteiger partial charge in [-0.2, -0.15) is 5.10 Å². The first-order chi connectivity index (χ1) is 8.61. The van der Waals surface area contributed by atoms with Gasteiger partial charge in [0.15, 0.2) is 0 Å². The number of nitrogens with zero attached hydrogens (tertiary/aromatic N) is 4. The molecule has 1 aromatic rings. The summed E-state index contributed by atoms with van der Waals surface area (Å²) in [5.74, 6) is -1.15. The van der Waals surface area contributed by atoms with Gasteiger partial charge >= 0.3 is 5.97 Å². The van der Waals surface area contributed by atoms with Gasteiger partial charge in [0.25, 0.3) is 0 Å². The lowest BCUT2D eigenvalue weighted by Gasteiger charge is -2.34. The van der Waals surface area contributed by atoms with Crippen LogP contribution in [0.2, 0.25) is 0 Å². The first kappa shape index (κ1) is 12.5. The summed E-state index contributed by atoms with van der Waals surface area (Å²) in [6.07, 6.45) is 5.03. The zero-order chi connectivity index (χ0) is 13.1. The quantitative estimate of drug-likeness (QED) is 0.836. The zero-order valence-corrected chi connectivity index (χ0v) is 10.2. The number of aliphatic carboxylic acids is 1. The average molecular weight is 252 g/mol. The lowest BCUT2D eigenvalue weighted by atomic mass is 10.0. The smallest absolute Gasteiger partial charge is 0.326 e. The van der Waals surface area contributed by atoms with Gasteiger partial charge in [0, 0.05) is 6.54 Å². The molecule has 0 aliphatic carbocycles. The molecule has 1 N–H and O–H groups in total. The van der Waals surface area contributed by atoms with Crippen LogP contribution in [0, 0.1) is 0 Å². The van der Waals surface area contributed by atoms with Gasteiger partial charge in [0.2, 0.25) is 5.91 Å². The number of rotatable bonds is 3. The first-order valence-electron chi connectivity index (χ1n) is 5.98. The highest BCUT2D eigenvalue weighted by Gasteiger charge is 2.34. The maximum Gasteiger partial charge on any atom is 0.326 e. The second-order valence-corrected chi connectivity index (χ2v) is 4.43. The van der Waals surface area contributed by atoms with Crippen LogP contribution in [0.3, 0.4) is 0 Å². The molecule has 0 spiro atoms. The molecule has 2 heterocycles. The van der Waals surface area contributed by atoms with Gasteiger partial charge in [0.05, 0.1) is 0 Å². The highest BCUT2D eigenvalue weighted by Crippen LogP contribution is 2.20. The van der Waals surface area contributed by atoms with E-state index < -0.39 is 18.1 Å². The molecule has 1 fully saturated rings. The summed E-state index contributed by atoms with van der Waals surface area (Å²) in [5, 5.41) is 13.1. The number of hydrogen-bond acceptors (Lipinski definition) is 4.